The zero-order chi connectivity index (χ0) is 12.1. The molecule has 5 nitrogen and oxygen atoms in total. The average Bonchev–Trinajstić information content (AvgIpc) is 2.66. The Hall–Kier alpha value is -1.52. The van der Waals surface area contributed by atoms with Crippen LogP contribution < -0.4 is 11.1 Å². The van der Waals surface area contributed by atoms with Gasteiger partial charge in [0, 0.05) is 12.1 Å². The van der Waals surface area contributed by atoms with Crippen LogP contribution in [-0.4, -0.2) is 22.1 Å². The number of H-pyrrole nitrogens is 1. The Labute approximate surface area is 95.8 Å². The van der Waals surface area contributed by atoms with Crippen LogP contribution in [0.2, 0.25) is 0 Å². The largest absolute Gasteiger partial charge is 0.382 e. The summed E-state index contributed by atoms with van der Waals surface area (Å²) in [5.74, 6) is 0.688. The lowest BCUT2D eigenvalue weighted by Gasteiger charge is -2.21. The van der Waals surface area contributed by atoms with Crippen LogP contribution in [0.5, 0.6) is 0 Å². The highest BCUT2D eigenvalue weighted by Gasteiger charge is 2.17. The fraction of sp³-hybridized carbons (Fsp3) is 0.636. The number of aromatic amines is 1. The lowest BCUT2D eigenvalue weighted by atomic mass is 9.95. The Morgan fingerprint density at radius 2 is 2.19 bits per heavy atom. The van der Waals surface area contributed by atoms with E-state index in [4.69, 9.17) is 5.73 Å². The minimum Gasteiger partial charge on any atom is -0.382 e. The van der Waals surface area contributed by atoms with Crippen molar-refractivity contribution in [3.8, 4) is 0 Å². The molecule has 5 heteroatoms. The molecule has 0 aliphatic heterocycles. The normalized spacial score (nSPS) is 12.8. The minimum atomic E-state index is -0.149. The SMILES string of the molecule is CCC(CC)C(C)NC(=O)c1cc(N)n[nH]1. The zero-order valence-electron chi connectivity index (χ0n) is 10.1. The third-order valence-electron chi connectivity index (χ3n) is 2.96. The van der Waals surface area contributed by atoms with Gasteiger partial charge >= 0.3 is 0 Å². The molecule has 0 aliphatic rings. The number of nitrogens with two attached hydrogens (primary N) is 1. The van der Waals surface area contributed by atoms with Gasteiger partial charge in [-0.2, -0.15) is 5.10 Å². The number of nitrogens with one attached hydrogen (secondary N) is 2. The maximum atomic E-state index is 11.8. The average molecular weight is 224 g/mol. The van der Waals surface area contributed by atoms with Crippen LogP contribution in [0.3, 0.4) is 0 Å². The molecule has 1 heterocycles. The molecule has 0 fully saturated rings. The molecule has 4 N–H and O–H groups in total. The molecule has 1 atom stereocenters. The molecule has 0 aliphatic carbocycles. The van der Waals surface area contributed by atoms with Crippen molar-refractivity contribution >= 4 is 11.7 Å². The second-order valence-electron chi connectivity index (χ2n) is 4.05. The molecule has 0 saturated heterocycles. The highest BCUT2D eigenvalue weighted by atomic mass is 16.2. The van der Waals surface area contributed by atoms with Crippen LogP contribution in [0.1, 0.15) is 44.1 Å². The summed E-state index contributed by atoms with van der Waals surface area (Å²) in [4.78, 5) is 11.8. The van der Waals surface area contributed by atoms with E-state index in [1.54, 1.807) is 0 Å². The van der Waals surface area contributed by atoms with Crippen LogP contribution in [0.25, 0.3) is 0 Å². The van der Waals surface area contributed by atoms with E-state index in [2.05, 4.69) is 29.4 Å². The fourth-order valence-corrected chi connectivity index (χ4v) is 1.85. The van der Waals surface area contributed by atoms with Crippen LogP contribution in [0.15, 0.2) is 6.07 Å². The van der Waals surface area contributed by atoms with E-state index in [-0.39, 0.29) is 11.9 Å². The highest BCUT2D eigenvalue weighted by Crippen LogP contribution is 2.13. The molecule has 16 heavy (non-hydrogen) atoms. The van der Waals surface area contributed by atoms with Crippen LogP contribution in [-0.2, 0) is 0 Å². The number of carbonyl (C=O) groups excluding carboxylic acids is 1. The van der Waals surface area contributed by atoms with Crippen molar-refractivity contribution in [2.75, 3.05) is 5.73 Å². The van der Waals surface area contributed by atoms with E-state index >= 15 is 0 Å². The number of amides is 1. The summed E-state index contributed by atoms with van der Waals surface area (Å²) in [6.07, 6.45) is 2.12. The molecular weight excluding hydrogens is 204 g/mol. The van der Waals surface area contributed by atoms with Crippen molar-refractivity contribution in [3.63, 3.8) is 0 Å². The van der Waals surface area contributed by atoms with Gasteiger partial charge in [0.05, 0.1) is 0 Å². The quantitative estimate of drug-likeness (QED) is 0.709. The standard InChI is InChI=1S/C11H20N4O/c1-4-8(5-2)7(3)13-11(16)9-6-10(12)15-14-9/h6-8H,4-5H2,1-3H3,(H,13,16)(H3,12,14,15). The van der Waals surface area contributed by atoms with Crippen LogP contribution in [0.4, 0.5) is 5.82 Å². The number of nitrogens with zero attached hydrogens (tertiary/aromatic N) is 1. The number of anilines is 1. The molecule has 90 valence electrons. The molecule has 1 unspecified atom stereocenters. The first-order chi connectivity index (χ1) is 7.58. The Morgan fingerprint density at radius 3 is 2.62 bits per heavy atom. The first-order valence-electron chi connectivity index (χ1n) is 5.70. The van der Waals surface area contributed by atoms with Gasteiger partial charge in [-0.3, -0.25) is 9.89 Å². The zero-order valence-corrected chi connectivity index (χ0v) is 10.1. The first kappa shape index (κ1) is 12.5. The van der Waals surface area contributed by atoms with E-state index < -0.39 is 0 Å². The summed E-state index contributed by atoms with van der Waals surface area (Å²) in [6, 6.07) is 1.70. The summed E-state index contributed by atoms with van der Waals surface area (Å²) in [5.41, 5.74) is 5.85. The number of rotatable bonds is 5. The van der Waals surface area contributed by atoms with Gasteiger partial charge in [-0.15, -0.1) is 0 Å². The third-order valence-corrected chi connectivity index (χ3v) is 2.96. The summed E-state index contributed by atoms with van der Waals surface area (Å²) >= 11 is 0. The second-order valence-corrected chi connectivity index (χ2v) is 4.05. The van der Waals surface area contributed by atoms with Crippen LogP contribution >= 0.6 is 0 Å². The molecule has 0 radical (unpaired) electrons. The number of hydrogen-bond acceptors (Lipinski definition) is 3. The molecule has 0 bridgehead atoms. The van der Waals surface area contributed by atoms with Crippen molar-refractivity contribution in [2.24, 2.45) is 5.92 Å². The van der Waals surface area contributed by atoms with Gasteiger partial charge in [0.1, 0.15) is 11.5 Å². The summed E-state index contributed by atoms with van der Waals surface area (Å²) < 4.78 is 0. The smallest absolute Gasteiger partial charge is 0.269 e. The number of nitrogen functional groups attached to an aromatic ring is 1. The van der Waals surface area contributed by atoms with E-state index in [1.165, 1.54) is 6.07 Å². The molecule has 0 aromatic carbocycles. The number of carbonyl (C=O) groups is 1. The first-order valence-corrected chi connectivity index (χ1v) is 5.70. The van der Waals surface area contributed by atoms with Gasteiger partial charge in [-0.1, -0.05) is 26.7 Å². The van der Waals surface area contributed by atoms with Gasteiger partial charge in [0.15, 0.2) is 0 Å². The Kier molecular flexibility index (Phi) is 4.34. The fourth-order valence-electron chi connectivity index (χ4n) is 1.85. The number of hydrogen-bond donors (Lipinski definition) is 3. The van der Waals surface area contributed by atoms with E-state index in [1.807, 2.05) is 6.92 Å². The summed E-state index contributed by atoms with van der Waals surface area (Å²) in [5, 5.41) is 9.27. The Balaban J connectivity index is 2.57. The molecule has 1 aromatic heterocycles. The Morgan fingerprint density at radius 1 is 1.56 bits per heavy atom. The molecule has 1 amide bonds. The van der Waals surface area contributed by atoms with Crippen molar-refractivity contribution in [2.45, 2.75) is 39.7 Å². The van der Waals surface area contributed by atoms with Gasteiger partial charge in [-0.05, 0) is 12.8 Å². The van der Waals surface area contributed by atoms with Gasteiger partial charge < -0.3 is 11.1 Å². The lowest BCUT2D eigenvalue weighted by molar-refractivity contribution is 0.0920. The molecule has 0 spiro atoms. The molecule has 1 aromatic rings. The Bertz CT molecular complexity index is 344. The number of aromatic nitrogens is 2. The van der Waals surface area contributed by atoms with E-state index in [9.17, 15) is 4.79 Å². The van der Waals surface area contributed by atoms with E-state index in [0.717, 1.165) is 12.8 Å². The maximum Gasteiger partial charge on any atom is 0.269 e. The minimum absolute atomic E-state index is 0.149. The van der Waals surface area contributed by atoms with Crippen molar-refractivity contribution in [1.82, 2.24) is 15.5 Å². The van der Waals surface area contributed by atoms with Gasteiger partial charge in [-0.25, -0.2) is 0 Å². The van der Waals surface area contributed by atoms with Crippen molar-refractivity contribution < 1.29 is 4.79 Å². The van der Waals surface area contributed by atoms with Gasteiger partial charge in [0.25, 0.3) is 5.91 Å². The molecular formula is C11H20N4O. The topological polar surface area (TPSA) is 83.8 Å². The maximum absolute atomic E-state index is 11.8. The second kappa shape index (κ2) is 5.53. The van der Waals surface area contributed by atoms with Gasteiger partial charge in [0.2, 0.25) is 0 Å². The third kappa shape index (κ3) is 2.98. The van der Waals surface area contributed by atoms with Crippen LogP contribution in [0, 0.1) is 5.92 Å². The summed E-state index contributed by atoms with van der Waals surface area (Å²) in [6.45, 7) is 6.28. The molecule has 1 rings (SSSR count). The van der Waals surface area contributed by atoms with Crippen molar-refractivity contribution in [3.05, 3.63) is 11.8 Å². The monoisotopic (exact) mass is 224 g/mol. The predicted octanol–water partition coefficient (Wildman–Crippen LogP) is 1.55. The van der Waals surface area contributed by atoms with E-state index in [0.29, 0.717) is 17.4 Å². The predicted molar refractivity (Wildman–Crippen MR) is 64.0 cm³/mol. The van der Waals surface area contributed by atoms with Crippen molar-refractivity contribution in [1.29, 1.82) is 0 Å². The molecule has 0 saturated carbocycles. The highest BCUT2D eigenvalue weighted by molar-refractivity contribution is 5.93. The summed E-state index contributed by atoms with van der Waals surface area (Å²) in [7, 11) is 0. The lowest BCUT2D eigenvalue weighted by Crippen LogP contribution is -2.37.